The van der Waals surface area contributed by atoms with Gasteiger partial charge in [0.15, 0.2) is 0 Å². The van der Waals surface area contributed by atoms with Crippen molar-refractivity contribution in [2.75, 3.05) is 0 Å². The van der Waals surface area contributed by atoms with Crippen LogP contribution in [0.25, 0.3) is 0 Å². The number of hydrogen-bond donors (Lipinski definition) is 1. The minimum atomic E-state index is -2.93. The van der Waals surface area contributed by atoms with Crippen LogP contribution in [0.4, 0.5) is 13.2 Å². The molecule has 0 aliphatic rings. The molecule has 2 nitrogen and oxygen atoms in total. The Labute approximate surface area is 76.3 Å². The lowest BCUT2D eigenvalue weighted by molar-refractivity contribution is 0.144. The topological polar surface area (TPSA) is 32.9 Å². The van der Waals surface area contributed by atoms with E-state index in [1.54, 1.807) is 0 Å². The summed E-state index contributed by atoms with van der Waals surface area (Å²) < 4.78 is 37.2. The fourth-order valence-corrected chi connectivity index (χ4v) is 1.17. The Hall–Kier alpha value is -0.970. The molecule has 1 aromatic rings. The normalized spacial score (nSPS) is 10.8. The number of halogens is 4. The molecule has 13 heavy (non-hydrogen) atoms. The molecule has 72 valence electrons. The summed E-state index contributed by atoms with van der Waals surface area (Å²) in [5, 5.41) is 0. The Morgan fingerprint density at radius 3 is 2.62 bits per heavy atom. The zero-order chi connectivity index (χ0) is 10.0. The van der Waals surface area contributed by atoms with E-state index >= 15 is 0 Å². The monoisotopic (exact) mass is 211 g/mol. The maximum atomic E-state index is 12.8. The van der Waals surface area contributed by atoms with E-state index in [-0.39, 0.29) is 5.56 Å². The number of aromatic amines is 1. The van der Waals surface area contributed by atoms with Crippen molar-refractivity contribution < 1.29 is 13.2 Å². The fraction of sp³-hybridized carbons (Fsp3) is 0.286. The van der Waals surface area contributed by atoms with Gasteiger partial charge in [-0.25, -0.2) is 13.2 Å². The molecule has 0 atom stereocenters. The summed E-state index contributed by atoms with van der Waals surface area (Å²) in [5.41, 5.74) is -2.02. The summed E-state index contributed by atoms with van der Waals surface area (Å²) in [5.74, 6) is -1.41. The van der Waals surface area contributed by atoms with Crippen molar-refractivity contribution in [2.45, 2.75) is 12.3 Å². The summed E-state index contributed by atoms with van der Waals surface area (Å²) >= 11 is 5.24. The van der Waals surface area contributed by atoms with Gasteiger partial charge in [-0.1, -0.05) is 0 Å². The lowest BCUT2D eigenvalue weighted by atomic mass is 10.2. The number of H-pyrrole nitrogens is 1. The summed E-state index contributed by atoms with van der Waals surface area (Å²) in [4.78, 5) is 12.4. The molecule has 1 N–H and O–H groups in total. The molecule has 6 heteroatoms. The maximum absolute atomic E-state index is 12.8. The Bertz CT molecular complexity index is 363. The summed E-state index contributed by atoms with van der Waals surface area (Å²) in [6.07, 6.45) is -2.93. The lowest BCUT2D eigenvalue weighted by Crippen LogP contribution is -2.13. The Balaban J connectivity index is 3.38. The molecule has 0 aromatic carbocycles. The van der Waals surface area contributed by atoms with Crippen molar-refractivity contribution in [3.63, 3.8) is 0 Å². The Morgan fingerprint density at radius 1 is 1.54 bits per heavy atom. The molecule has 0 spiro atoms. The molecular weight excluding hydrogens is 207 g/mol. The van der Waals surface area contributed by atoms with E-state index in [0.717, 1.165) is 0 Å². The van der Waals surface area contributed by atoms with Gasteiger partial charge in [-0.2, -0.15) is 0 Å². The molecule has 0 fully saturated rings. The highest BCUT2D eigenvalue weighted by Gasteiger charge is 2.17. The van der Waals surface area contributed by atoms with Gasteiger partial charge in [0.1, 0.15) is 5.82 Å². The van der Waals surface area contributed by atoms with Gasteiger partial charge >= 0.3 is 0 Å². The van der Waals surface area contributed by atoms with Crippen molar-refractivity contribution in [1.82, 2.24) is 4.98 Å². The largest absolute Gasteiger partial charge is 0.321 e. The van der Waals surface area contributed by atoms with Gasteiger partial charge in [-0.05, 0) is 0 Å². The first kappa shape index (κ1) is 10.1. The number of hydrogen-bond acceptors (Lipinski definition) is 1. The van der Waals surface area contributed by atoms with E-state index in [1.165, 1.54) is 0 Å². The predicted molar refractivity (Wildman–Crippen MR) is 41.5 cm³/mol. The average molecular weight is 212 g/mol. The van der Waals surface area contributed by atoms with Gasteiger partial charge in [0.05, 0.1) is 11.6 Å². The fourth-order valence-electron chi connectivity index (χ4n) is 0.897. The summed E-state index contributed by atoms with van der Waals surface area (Å²) in [7, 11) is 0. The van der Waals surface area contributed by atoms with Crippen LogP contribution < -0.4 is 5.56 Å². The van der Waals surface area contributed by atoms with Gasteiger partial charge in [0.2, 0.25) is 0 Å². The van der Waals surface area contributed by atoms with E-state index in [0.29, 0.717) is 6.07 Å². The first-order valence-electron chi connectivity index (χ1n) is 3.32. The molecular formula is C7H5ClF3NO. The first-order chi connectivity index (χ1) is 6.06. The minimum absolute atomic E-state index is 0.365. The smallest absolute Gasteiger partial charge is 0.278 e. The van der Waals surface area contributed by atoms with Gasteiger partial charge < -0.3 is 4.98 Å². The van der Waals surface area contributed by atoms with Crippen LogP contribution in [0.1, 0.15) is 17.7 Å². The molecule has 1 aromatic heterocycles. The highest BCUT2D eigenvalue weighted by Crippen LogP contribution is 2.22. The molecule has 0 saturated heterocycles. The summed E-state index contributed by atoms with van der Waals surface area (Å²) in [6, 6.07) is 0.587. The molecule has 0 aliphatic heterocycles. The quantitative estimate of drug-likeness (QED) is 0.748. The Kier molecular flexibility index (Phi) is 2.98. The highest BCUT2D eigenvalue weighted by atomic mass is 35.5. The van der Waals surface area contributed by atoms with E-state index in [9.17, 15) is 18.0 Å². The number of pyridine rings is 1. The second kappa shape index (κ2) is 3.83. The third kappa shape index (κ3) is 2.03. The third-order valence-corrected chi connectivity index (χ3v) is 1.75. The van der Waals surface area contributed by atoms with Crippen LogP contribution in [0.3, 0.4) is 0 Å². The first-order valence-corrected chi connectivity index (χ1v) is 3.85. The van der Waals surface area contributed by atoms with Gasteiger partial charge in [-0.3, -0.25) is 4.79 Å². The van der Waals surface area contributed by atoms with Crippen LogP contribution in [-0.2, 0) is 5.88 Å². The zero-order valence-electron chi connectivity index (χ0n) is 6.28. The van der Waals surface area contributed by atoms with Crippen molar-refractivity contribution in [3.05, 3.63) is 33.5 Å². The molecule has 0 saturated carbocycles. The second-order valence-corrected chi connectivity index (χ2v) is 2.58. The predicted octanol–water partition coefficient (Wildman–Crippen LogP) is 2.19. The maximum Gasteiger partial charge on any atom is 0.278 e. The van der Waals surface area contributed by atoms with Gasteiger partial charge in [0, 0.05) is 11.6 Å². The number of rotatable bonds is 2. The van der Waals surface area contributed by atoms with Crippen LogP contribution in [-0.4, -0.2) is 4.98 Å². The average Bonchev–Trinajstić information content (AvgIpc) is 2.02. The zero-order valence-corrected chi connectivity index (χ0v) is 7.04. The molecule has 0 amide bonds. The van der Waals surface area contributed by atoms with Crippen LogP contribution in [0.5, 0.6) is 0 Å². The van der Waals surface area contributed by atoms with E-state index < -0.39 is 29.4 Å². The standard InChI is InChI=1S/C7H5ClF3NO/c8-2-3-4(9)1-5(13)12-6(3)7(10)11/h1,7H,2H2,(H,12,13). The van der Waals surface area contributed by atoms with Gasteiger partial charge in [-0.15, -0.1) is 11.6 Å². The van der Waals surface area contributed by atoms with E-state index in [2.05, 4.69) is 0 Å². The van der Waals surface area contributed by atoms with Crippen molar-refractivity contribution >= 4 is 11.6 Å². The molecule has 1 heterocycles. The van der Waals surface area contributed by atoms with Gasteiger partial charge in [0.25, 0.3) is 12.0 Å². The Morgan fingerprint density at radius 2 is 2.15 bits per heavy atom. The number of nitrogens with one attached hydrogen (secondary N) is 1. The van der Waals surface area contributed by atoms with E-state index in [1.807, 2.05) is 4.98 Å². The van der Waals surface area contributed by atoms with Crippen molar-refractivity contribution in [3.8, 4) is 0 Å². The second-order valence-electron chi connectivity index (χ2n) is 2.31. The van der Waals surface area contributed by atoms with E-state index in [4.69, 9.17) is 11.6 Å². The molecule has 1 rings (SSSR count). The molecule has 0 unspecified atom stereocenters. The molecule has 0 aliphatic carbocycles. The van der Waals surface area contributed by atoms with Crippen LogP contribution in [0.15, 0.2) is 10.9 Å². The number of alkyl halides is 3. The molecule has 0 bridgehead atoms. The molecule has 0 radical (unpaired) electrons. The van der Waals surface area contributed by atoms with Crippen LogP contribution in [0, 0.1) is 5.82 Å². The highest BCUT2D eigenvalue weighted by molar-refractivity contribution is 6.17. The van der Waals surface area contributed by atoms with Crippen molar-refractivity contribution in [1.29, 1.82) is 0 Å². The third-order valence-electron chi connectivity index (χ3n) is 1.48. The lowest BCUT2D eigenvalue weighted by Gasteiger charge is -2.05. The van der Waals surface area contributed by atoms with Crippen LogP contribution in [0.2, 0.25) is 0 Å². The van der Waals surface area contributed by atoms with Crippen molar-refractivity contribution in [2.24, 2.45) is 0 Å². The summed E-state index contributed by atoms with van der Waals surface area (Å²) in [6.45, 7) is 0. The minimum Gasteiger partial charge on any atom is -0.321 e. The van der Waals surface area contributed by atoms with Crippen LogP contribution >= 0.6 is 11.6 Å². The number of aromatic nitrogens is 1. The SMILES string of the molecule is O=c1cc(F)c(CCl)c(C(F)F)[nH]1.